The predicted molar refractivity (Wildman–Crippen MR) is 39.7 cm³/mol. The average molecular weight is 142 g/mol. The minimum absolute atomic E-state index is 0.175. The van der Waals surface area contributed by atoms with Gasteiger partial charge in [0.1, 0.15) is 0 Å². The first-order valence-electron chi connectivity index (χ1n) is 3.83. The first-order chi connectivity index (χ1) is 4.83. The van der Waals surface area contributed by atoms with Crippen molar-refractivity contribution in [3.8, 4) is 0 Å². The molecule has 3 heteroatoms. The third-order valence-electron chi connectivity index (χ3n) is 1.66. The lowest BCUT2D eigenvalue weighted by atomic mass is 10.2. The van der Waals surface area contributed by atoms with Crippen molar-refractivity contribution in [1.82, 2.24) is 10.6 Å². The Labute approximate surface area is 61.2 Å². The van der Waals surface area contributed by atoms with Gasteiger partial charge in [0.2, 0.25) is 5.91 Å². The van der Waals surface area contributed by atoms with Gasteiger partial charge in [-0.25, -0.2) is 0 Å². The van der Waals surface area contributed by atoms with Crippen LogP contribution in [-0.2, 0) is 4.79 Å². The molecule has 0 spiro atoms. The van der Waals surface area contributed by atoms with E-state index in [0.717, 1.165) is 19.5 Å². The first kappa shape index (κ1) is 7.54. The summed E-state index contributed by atoms with van der Waals surface area (Å²) in [6.45, 7) is 3.94. The topological polar surface area (TPSA) is 41.1 Å². The fraction of sp³-hybridized carbons (Fsp3) is 0.857. The van der Waals surface area contributed by atoms with Gasteiger partial charge in [-0.2, -0.15) is 0 Å². The molecule has 1 aliphatic rings. The molecule has 0 aromatic carbocycles. The van der Waals surface area contributed by atoms with Gasteiger partial charge in [-0.1, -0.05) is 6.92 Å². The molecule has 3 nitrogen and oxygen atoms in total. The van der Waals surface area contributed by atoms with Crippen molar-refractivity contribution in [3.05, 3.63) is 0 Å². The van der Waals surface area contributed by atoms with Crippen molar-refractivity contribution >= 4 is 5.91 Å². The van der Waals surface area contributed by atoms with Crippen LogP contribution in [0.2, 0.25) is 0 Å². The van der Waals surface area contributed by atoms with E-state index in [-0.39, 0.29) is 5.91 Å². The molecule has 1 aliphatic heterocycles. The minimum Gasteiger partial charge on any atom is -0.354 e. The number of amides is 1. The number of hydrogen-bond donors (Lipinski definition) is 2. The zero-order chi connectivity index (χ0) is 7.40. The molecule has 0 aromatic rings. The van der Waals surface area contributed by atoms with E-state index in [4.69, 9.17) is 0 Å². The van der Waals surface area contributed by atoms with Crippen molar-refractivity contribution in [3.63, 3.8) is 0 Å². The summed E-state index contributed by atoms with van der Waals surface area (Å²) in [6, 6.07) is 0.382. The van der Waals surface area contributed by atoms with E-state index in [1.807, 2.05) is 0 Å². The summed E-state index contributed by atoms with van der Waals surface area (Å²) in [5.74, 6) is 0.175. The lowest BCUT2D eigenvalue weighted by Crippen LogP contribution is -2.31. The Hall–Kier alpha value is -0.570. The molecule has 0 aromatic heterocycles. The standard InChI is InChI=1S/C7H14N2O/c1-2-3-8-6-4-7(10)9-5-6/h6,8H,2-5H2,1H3,(H,9,10)/t6-/m0/s1. The van der Waals surface area contributed by atoms with E-state index in [9.17, 15) is 4.79 Å². The van der Waals surface area contributed by atoms with Crippen LogP contribution in [0.3, 0.4) is 0 Å². The first-order valence-corrected chi connectivity index (χ1v) is 3.83. The van der Waals surface area contributed by atoms with Crippen LogP contribution in [0.4, 0.5) is 0 Å². The summed E-state index contributed by atoms with van der Waals surface area (Å²) >= 11 is 0. The number of carbonyl (C=O) groups is 1. The maximum absolute atomic E-state index is 10.7. The van der Waals surface area contributed by atoms with Gasteiger partial charge in [0.15, 0.2) is 0 Å². The van der Waals surface area contributed by atoms with Gasteiger partial charge in [0.25, 0.3) is 0 Å². The summed E-state index contributed by atoms with van der Waals surface area (Å²) in [4.78, 5) is 10.7. The second-order valence-corrected chi connectivity index (χ2v) is 2.66. The summed E-state index contributed by atoms with van der Waals surface area (Å²) < 4.78 is 0. The Kier molecular flexibility index (Phi) is 2.68. The van der Waals surface area contributed by atoms with Crippen LogP contribution in [-0.4, -0.2) is 25.0 Å². The van der Waals surface area contributed by atoms with E-state index >= 15 is 0 Å². The summed E-state index contributed by atoms with van der Waals surface area (Å²) in [7, 11) is 0. The second kappa shape index (κ2) is 3.56. The van der Waals surface area contributed by atoms with Crippen LogP contribution in [0.15, 0.2) is 0 Å². The van der Waals surface area contributed by atoms with Gasteiger partial charge in [-0.05, 0) is 13.0 Å². The molecule has 1 heterocycles. The monoisotopic (exact) mass is 142 g/mol. The summed E-state index contributed by atoms with van der Waals surface area (Å²) in [6.07, 6.45) is 1.78. The van der Waals surface area contributed by atoms with Crippen LogP contribution >= 0.6 is 0 Å². The average Bonchev–Trinajstić information content (AvgIpc) is 2.31. The van der Waals surface area contributed by atoms with E-state index in [0.29, 0.717) is 12.5 Å². The lowest BCUT2D eigenvalue weighted by molar-refractivity contribution is -0.119. The second-order valence-electron chi connectivity index (χ2n) is 2.66. The van der Waals surface area contributed by atoms with E-state index in [1.54, 1.807) is 0 Å². The molecule has 0 saturated carbocycles. The van der Waals surface area contributed by atoms with E-state index in [1.165, 1.54) is 0 Å². The van der Waals surface area contributed by atoms with Crippen LogP contribution < -0.4 is 10.6 Å². The molecule has 1 amide bonds. The zero-order valence-corrected chi connectivity index (χ0v) is 6.31. The Balaban J connectivity index is 2.12. The Morgan fingerprint density at radius 3 is 3.10 bits per heavy atom. The Morgan fingerprint density at radius 2 is 2.60 bits per heavy atom. The molecule has 0 aliphatic carbocycles. The molecule has 1 rings (SSSR count). The molecule has 0 unspecified atom stereocenters. The highest BCUT2D eigenvalue weighted by molar-refractivity contribution is 5.78. The van der Waals surface area contributed by atoms with Gasteiger partial charge in [0, 0.05) is 19.0 Å². The maximum Gasteiger partial charge on any atom is 0.221 e. The lowest BCUT2D eigenvalue weighted by Gasteiger charge is -2.07. The predicted octanol–water partition coefficient (Wildman–Crippen LogP) is -0.126. The zero-order valence-electron chi connectivity index (χ0n) is 6.31. The third-order valence-corrected chi connectivity index (χ3v) is 1.66. The van der Waals surface area contributed by atoms with Gasteiger partial charge in [-0.15, -0.1) is 0 Å². The van der Waals surface area contributed by atoms with Crippen molar-refractivity contribution < 1.29 is 4.79 Å². The van der Waals surface area contributed by atoms with E-state index in [2.05, 4.69) is 17.6 Å². The number of carbonyl (C=O) groups excluding carboxylic acids is 1. The van der Waals surface area contributed by atoms with Crippen LogP contribution in [0.5, 0.6) is 0 Å². The third kappa shape index (κ3) is 1.99. The molecular formula is C7H14N2O. The van der Waals surface area contributed by atoms with Crippen molar-refractivity contribution in [1.29, 1.82) is 0 Å². The summed E-state index contributed by atoms with van der Waals surface area (Å²) in [5.41, 5.74) is 0. The van der Waals surface area contributed by atoms with Crippen molar-refractivity contribution in [2.24, 2.45) is 0 Å². The Bertz CT molecular complexity index is 125. The van der Waals surface area contributed by atoms with Crippen LogP contribution in [0.25, 0.3) is 0 Å². The highest BCUT2D eigenvalue weighted by Crippen LogP contribution is 1.97. The molecule has 10 heavy (non-hydrogen) atoms. The smallest absolute Gasteiger partial charge is 0.221 e. The summed E-state index contributed by atoms with van der Waals surface area (Å²) in [5, 5.41) is 6.06. The molecule has 1 saturated heterocycles. The van der Waals surface area contributed by atoms with Crippen LogP contribution in [0.1, 0.15) is 19.8 Å². The Morgan fingerprint density at radius 1 is 1.80 bits per heavy atom. The van der Waals surface area contributed by atoms with Gasteiger partial charge in [-0.3, -0.25) is 4.79 Å². The normalized spacial score (nSPS) is 24.9. The highest BCUT2D eigenvalue weighted by Gasteiger charge is 2.19. The van der Waals surface area contributed by atoms with Gasteiger partial charge < -0.3 is 10.6 Å². The number of rotatable bonds is 3. The van der Waals surface area contributed by atoms with Crippen molar-refractivity contribution in [2.45, 2.75) is 25.8 Å². The highest BCUT2D eigenvalue weighted by atomic mass is 16.1. The molecule has 1 fully saturated rings. The molecule has 2 N–H and O–H groups in total. The molecular weight excluding hydrogens is 128 g/mol. The fourth-order valence-corrected chi connectivity index (χ4v) is 1.10. The van der Waals surface area contributed by atoms with Crippen molar-refractivity contribution in [2.75, 3.05) is 13.1 Å². The number of nitrogens with one attached hydrogen (secondary N) is 2. The largest absolute Gasteiger partial charge is 0.354 e. The SMILES string of the molecule is CCCN[C@@H]1CNC(=O)C1. The molecule has 58 valence electrons. The quantitative estimate of drug-likeness (QED) is 0.576. The maximum atomic E-state index is 10.7. The van der Waals surface area contributed by atoms with E-state index < -0.39 is 0 Å². The molecule has 0 bridgehead atoms. The minimum atomic E-state index is 0.175. The van der Waals surface area contributed by atoms with Crippen LogP contribution in [0, 0.1) is 0 Å². The fourth-order valence-electron chi connectivity index (χ4n) is 1.10. The number of hydrogen-bond acceptors (Lipinski definition) is 2. The van der Waals surface area contributed by atoms with Gasteiger partial charge in [0.05, 0.1) is 0 Å². The van der Waals surface area contributed by atoms with Gasteiger partial charge >= 0.3 is 0 Å². The molecule has 0 radical (unpaired) electrons. The molecule has 1 atom stereocenters.